The Morgan fingerprint density at radius 2 is 2.00 bits per heavy atom. The van der Waals surface area contributed by atoms with E-state index >= 15 is 0 Å². The summed E-state index contributed by atoms with van der Waals surface area (Å²) in [5, 5.41) is 9.92. The van der Waals surface area contributed by atoms with Crippen LogP contribution in [0.1, 0.15) is 24.3 Å². The fraction of sp³-hybridized carbons (Fsp3) is 0.455. The van der Waals surface area contributed by atoms with E-state index in [0.717, 1.165) is 0 Å². The molecule has 6 nitrogen and oxygen atoms in total. The molecule has 1 rings (SSSR count). The first-order valence-electron chi connectivity index (χ1n) is 5.33. The second-order valence-electron chi connectivity index (χ2n) is 3.96. The van der Waals surface area contributed by atoms with Gasteiger partial charge in [-0.25, -0.2) is 4.79 Å². The van der Waals surface area contributed by atoms with Crippen molar-refractivity contribution >= 4 is 23.5 Å². The molecule has 0 unspecified atom stereocenters. The SMILES string of the molecule is COC(=O)[C@@H](NC(=O)c1ccc(Cl)nn1)C(C)C. The van der Waals surface area contributed by atoms with Crippen LogP contribution < -0.4 is 5.32 Å². The molecule has 0 saturated carbocycles. The summed E-state index contributed by atoms with van der Waals surface area (Å²) in [6, 6.07) is 2.16. The zero-order valence-electron chi connectivity index (χ0n) is 10.3. The van der Waals surface area contributed by atoms with Crippen LogP contribution in [0.4, 0.5) is 0 Å². The highest BCUT2D eigenvalue weighted by Gasteiger charge is 2.25. The number of carbonyl (C=O) groups excluding carboxylic acids is 2. The lowest BCUT2D eigenvalue weighted by molar-refractivity contribution is -0.144. The number of hydrogen-bond acceptors (Lipinski definition) is 5. The van der Waals surface area contributed by atoms with E-state index in [4.69, 9.17) is 11.6 Å². The first-order valence-corrected chi connectivity index (χ1v) is 5.71. The van der Waals surface area contributed by atoms with Gasteiger partial charge in [-0.2, -0.15) is 0 Å². The second kappa shape index (κ2) is 6.30. The lowest BCUT2D eigenvalue weighted by Crippen LogP contribution is -2.45. The average molecular weight is 272 g/mol. The third-order valence-corrected chi connectivity index (χ3v) is 2.47. The minimum Gasteiger partial charge on any atom is -0.467 e. The van der Waals surface area contributed by atoms with Crippen molar-refractivity contribution in [2.45, 2.75) is 19.9 Å². The van der Waals surface area contributed by atoms with Crippen LogP contribution in [-0.4, -0.2) is 35.2 Å². The van der Waals surface area contributed by atoms with E-state index in [-0.39, 0.29) is 16.8 Å². The average Bonchev–Trinajstić information content (AvgIpc) is 2.35. The lowest BCUT2D eigenvalue weighted by atomic mass is 10.0. The van der Waals surface area contributed by atoms with Gasteiger partial charge in [0.15, 0.2) is 10.8 Å². The Kier molecular flexibility index (Phi) is 5.03. The van der Waals surface area contributed by atoms with Gasteiger partial charge in [-0.15, -0.1) is 10.2 Å². The Morgan fingerprint density at radius 1 is 1.33 bits per heavy atom. The van der Waals surface area contributed by atoms with Crippen molar-refractivity contribution in [1.82, 2.24) is 15.5 Å². The van der Waals surface area contributed by atoms with Crippen LogP contribution in [-0.2, 0) is 9.53 Å². The number of hydrogen-bond donors (Lipinski definition) is 1. The molecule has 0 fully saturated rings. The first kappa shape index (κ1) is 14.4. The maximum atomic E-state index is 11.8. The van der Waals surface area contributed by atoms with Crippen molar-refractivity contribution in [3.63, 3.8) is 0 Å². The van der Waals surface area contributed by atoms with Crippen LogP contribution in [0, 0.1) is 5.92 Å². The lowest BCUT2D eigenvalue weighted by Gasteiger charge is -2.19. The van der Waals surface area contributed by atoms with Gasteiger partial charge in [0, 0.05) is 0 Å². The number of methoxy groups -OCH3 is 1. The topological polar surface area (TPSA) is 81.2 Å². The number of halogens is 1. The number of esters is 1. The van der Waals surface area contributed by atoms with Gasteiger partial charge in [0.1, 0.15) is 6.04 Å². The second-order valence-corrected chi connectivity index (χ2v) is 4.35. The van der Waals surface area contributed by atoms with E-state index in [2.05, 4.69) is 20.3 Å². The predicted octanol–water partition coefficient (Wildman–Crippen LogP) is 1.06. The molecular formula is C11H14ClN3O3. The number of nitrogens with one attached hydrogen (secondary N) is 1. The van der Waals surface area contributed by atoms with Crippen LogP contribution in [0.25, 0.3) is 0 Å². The molecule has 1 N–H and O–H groups in total. The minimum absolute atomic E-state index is 0.0916. The number of nitrogens with zero attached hydrogens (tertiary/aromatic N) is 2. The Labute approximate surface area is 110 Å². The van der Waals surface area contributed by atoms with Crippen LogP contribution in [0.5, 0.6) is 0 Å². The van der Waals surface area contributed by atoms with Crippen LogP contribution in [0.2, 0.25) is 5.15 Å². The van der Waals surface area contributed by atoms with Crippen molar-refractivity contribution < 1.29 is 14.3 Å². The first-order chi connectivity index (χ1) is 8.45. The molecule has 7 heteroatoms. The summed E-state index contributed by atoms with van der Waals surface area (Å²) >= 11 is 5.57. The van der Waals surface area contributed by atoms with Crippen LogP contribution in [0.3, 0.4) is 0 Å². The molecule has 1 aromatic heterocycles. The molecular weight excluding hydrogens is 258 g/mol. The van der Waals surface area contributed by atoms with Gasteiger partial charge in [0.25, 0.3) is 5.91 Å². The zero-order chi connectivity index (χ0) is 13.7. The molecule has 0 aromatic carbocycles. The van der Waals surface area contributed by atoms with E-state index in [0.29, 0.717) is 0 Å². The fourth-order valence-corrected chi connectivity index (χ4v) is 1.38. The van der Waals surface area contributed by atoms with Gasteiger partial charge in [0.05, 0.1) is 7.11 Å². The van der Waals surface area contributed by atoms with Gasteiger partial charge in [-0.05, 0) is 18.1 Å². The van der Waals surface area contributed by atoms with Gasteiger partial charge in [-0.3, -0.25) is 4.79 Å². The summed E-state index contributed by atoms with van der Waals surface area (Å²) in [6.45, 7) is 3.60. The summed E-state index contributed by atoms with van der Waals surface area (Å²) in [6.07, 6.45) is 0. The monoisotopic (exact) mass is 271 g/mol. The highest BCUT2D eigenvalue weighted by molar-refractivity contribution is 6.29. The molecule has 1 heterocycles. The molecule has 0 spiro atoms. The van der Waals surface area contributed by atoms with Gasteiger partial charge in [-0.1, -0.05) is 25.4 Å². The van der Waals surface area contributed by atoms with E-state index < -0.39 is 17.9 Å². The Bertz CT molecular complexity index is 434. The standard InChI is InChI=1S/C11H14ClN3O3/c1-6(2)9(11(17)18-3)13-10(16)7-4-5-8(12)15-14-7/h4-6,9H,1-3H3,(H,13,16)/t9-/m0/s1. The molecule has 0 bridgehead atoms. The summed E-state index contributed by atoms with van der Waals surface area (Å²) in [5.74, 6) is -1.09. The largest absolute Gasteiger partial charge is 0.467 e. The van der Waals surface area contributed by atoms with Crippen molar-refractivity contribution in [2.75, 3.05) is 7.11 Å². The van der Waals surface area contributed by atoms with Gasteiger partial charge in [0.2, 0.25) is 0 Å². The van der Waals surface area contributed by atoms with E-state index in [1.165, 1.54) is 19.2 Å². The molecule has 1 aromatic rings. The van der Waals surface area contributed by atoms with Crippen molar-refractivity contribution in [2.24, 2.45) is 5.92 Å². The molecule has 0 aliphatic rings. The van der Waals surface area contributed by atoms with Crippen molar-refractivity contribution in [1.29, 1.82) is 0 Å². The third kappa shape index (κ3) is 3.66. The molecule has 0 aliphatic carbocycles. The van der Waals surface area contributed by atoms with Crippen LogP contribution >= 0.6 is 11.6 Å². The summed E-state index contributed by atoms with van der Waals surface area (Å²) in [7, 11) is 1.27. The number of ether oxygens (including phenoxy) is 1. The number of aromatic nitrogens is 2. The predicted molar refractivity (Wildman–Crippen MR) is 65.2 cm³/mol. The maximum absolute atomic E-state index is 11.8. The highest BCUT2D eigenvalue weighted by Crippen LogP contribution is 2.06. The van der Waals surface area contributed by atoms with E-state index in [1.54, 1.807) is 13.8 Å². The smallest absolute Gasteiger partial charge is 0.328 e. The third-order valence-electron chi connectivity index (χ3n) is 2.27. The molecule has 1 atom stereocenters. The van der Waals surface area contributed by atoms with E-state index in [9.17, 15) is 9.59 Å². The number of rotatable bonds is 4. The number of amides is 1. The van der Waals surface area contributed by atoms with Gasteiger partial charge < -0.3 is 10.1 Å². The molecule has 1 amide bonds. The maximum Gasteiger partial charge on any atom is 0.328 e. The molecule has 0 aliphatic heterocycles. The summed E-state index contributed by atoms with van der Waals surface area (Å²) in [4.78, 5) is 23.3. The fourth-order valence-electron chi connectivity index (χ4n) is 1.28. The summed E-state index contributed by atoms with van der Waals surface area (Å²) < 4.78 is 4.62. The zero-order valence-corrected chi connectivity index (χ0v) is 11.1. The van der Waals surface area contributed by atoms with Crippen LogP contribution in [0.15, 0.2) is 12.1 Å². The normalized spacial score (nSPS) is 12.1. The van der Waals surface area contributed by atoms with Crippen molar-refractivity contribution in [3.05, 3.63) is 23.0 Å². The Morgan fingerprint density at radius 3 is 2.44 bits per heavy atom. The summed E-state index contributed by atoms with van der Waals surface area (Å²) in [5.41, 5.74) is 0.0916. The van der Waals surface area contributed by atoms with Crippen molar-refractivity contribution in [3.8, 4) is 0 Å². The Hall–Kier alpha value is -1.69. The molecule has 18 heavy (non-hydrogen) atoms. The van der Waals surface area contributed by atoms with E-state index in [1.807, 2.05) is 0 Å². The number of carbonyl (C=O) groups is 2. The molecule has 0 saturated heterocycles. The van der Waals surface area contributed by atoms with Gasteiger partial charge >= 0.3 is 5.97 Å². The Balaban J connectivity index is 2.78. The highest BCUT2D eigenvalue weighted by atomic mass is 35.5. The molecule has 98 valence electrons. The quantitative estimate of drug-likeness (QED) is 0.828. The molecule has 0 radical (unpaired) electrons. The minimum atomic E-state index is -0.722.